The van der Waals surface area contributed by atoms with E-state index in [1.165, 1.54) is 33.5 Å². The van der Waals surface area contributed by atoms with Crippen LogP contribution in [0.3, 0.4) is 0 Å². The largest absolute Gasteiger partial charge is 0.493 e. The van der Waals surface area contributed by atoms with Crippen LogP contribution < -0.4 is 18.9 Å². The van der Waals surface area contributed by atoms with Crippen molar-refractivity contribution in [2.75, 3.05) is 39.6 Å². The van der Waals surface area contributed by atoms with E-state index in [1.54, 1.807) is 11.9 Å². The summed E-state index contributed by atoms with van der Waals surface area (Å²) in [6.45, 7) is 0.394. The van der Waals surface area contributed by atoms with E-state index < -0.39 is 45.6 Å². The second-order valence-electron chi connectivity index (χ2n) is 7.85. The van der Waals surface area contributed by atoms with Crippen LogP contribution in [0.4, 0.5) is 18.9 Å². The van der Waals surface area contributed by atoms with Gasteiger partial charge in [-0.05, 0) is 47.6 Å². The predicted octanol–water partition coefficient (Wildman–Crippen LogP) is 3.91. The number of anilines is 1. The summed E-state index contributed by atoms with van der Waals surface area (Å²) in [5.74, 6) is -0.862. The first-order valence-electron chi connectivity index (χ1n) is 10.4. The van der Waals surface area contributed by atoms with Crippen LogP contribution >= 0.6 is 15.9 Å². The van der Waals surface area contributed by atoms with Gasteiger partial charge >= 0.3 is 12.1 Å². The van der Waals surface area contributed by atoms with E-state index >= 15 is 0 Å². The van der Waals surface area contributed by atoms with Crippen LogP contribution in [-0.4, -0.2) is 66.4 Å². The topological polar surface area (TPSA) is 103 Å². The maximum absolute atomic E-state index is 13.7. The van der Waals surface area contributed by atoms with E-state index in [0.717, 1.165) is 12.1 Å². The van der Waals surface area contributed by atoms with Gasteiger partial charge in [-0.2, -0.15) is 13.2 Å². The molecular formula is C22H24BrF3N2O7S. The number of carbonyl (C=O) groups is 1. The predicted molar refractivity (Wildman–Crippen MR) is 127 cm³/mol. The first-order chi connectivity index (χ1) is 16.8. The summed E-state index contributed by atoms with van der Waals surface area (Å²) in [7, 11) is 1.23. The van der Waals surface area contributed by atoms with E-state index in [-0.39, 0.29) is 33.0 Å². The van der Waals surface area contributed by atoms with Crippen molar-refractivity contribution in [1.29, 1.82) is 0 Å². The smallest absolute Gasteiger partial charge is 0.419 e. The highest BCUT2D eigenvalue weighted by molar-refractivity contribution is 9.10. The van der Waals surface area contributed by atoms with E-state index in [2.05, 4.69) is 20.7 Å². The lowest BCUT2D eigenvalue weighted by molar-refractivity contribution is -0.148. The van der Waals surface area contributed by atoms with Gasteiger partial charge < -0.3 is 18.9 Å². The SMILES string of the molecule is COC(=O)[C@H]1[C@H](Oc2cc(NS(=O)(=O)c3cc(OC)c(OC)cc3Br)ccc2C(F)(F)F)CCN1C. The number of alkyl halides is 3. The quantitative estimate of drug-likeness (QED) is 0.458. The van der Waals surface area contributed by atoms with Gasteiger partial charge in [-0.25, -0.2) is 8.42 Å². The van der Waals surface area contributed by atoms with E-state index in [1.807, 2.05) is 0 Å². The first-order valence-corrected chi connectivity index (χ1v) is 12.7. The van der Waals surface area contributed by atoms with Crippen LogP contribution in [-0.2, 0) is 25.7 Å². The van der Waals surface area contributed by atoms with Gasteiger partial charge in [0.05, 0.1) is 32.6 Å². The molecule has 198 valence electrons. The van der Waals surface area contributed by atoms with Gasteiger partial charge in [0, 0.05) is 23.2 Å². The number of hydrogen-bond acceptors (Lipinski definition) is 8. The van der Waals surface area contributed by atoms with Gasteiger partial charge in [-0.3, -0.25) is 14.4 Å². The van der Waals surface area contributed by atoms with Crippen LogP contribution in [0.5, 0.6) is 17.2 Å². The van der Waals surface area contributed by atoms with Crippen molar-refractivity contribution in [2.45, 2.75) is 29.6 Å². The van der Waals surface area contributed by atoms with Crippen molar-refractivity contribution in [1.82, 2.24) is 4.90 Å². The molecule has 0 aromatic heterocycles. The minimum Gasteiger partial charge on any atom is -0.493 e. The molecule has 0 amide bonds. The minimum atomic E-state index is -4.79. The number of likely N-dealkylation sites (tertiary alicyclic amines) is 1. The number of sulfonamides is 1. The number of esters is 1. The zero-order valence-electron chi connectivity index (χ0n) is 19.7. The fourth-order valence-electron chi connectivity index (χ4n) is 3.82. The molecule has 1 fully saturated rings. The fraction of sp³-hybridized carbons (Fsp3) is 0.409. The highest BCUT2D eigenvalue weighted by Crippen LogP contribution is 2.40. The Kier molecular flexibility index (Phi) is 8.30. The van der Waals surface area contributed by atoms with Gasteiger partial charge in [0.15, 0.2) is 11.5 Å². The highest BCUT2D eigenvalue weighted by Gasteiger charge is 2.42. The Balaban J connectivity index is 1.99. The van der Waals surface area contributed by atoms with E-state index in [4.69, 9.17) is 18.9 Å². The average Bonchev–Trinajstić information content (AvgIpc) is 3.16. The maximum atomic E-state index is 13.7. The lowest BCUT2D eigenvalue weighted by Gasteiger charge is -2.25. The molecule has 3 rings (SSSR count). The molecule has 1 saturated heterocycles. The monoisotopic (exact) mass is 596 g/mol. The molecule has 0 spiro atoms. The van der Waals surface area contributed by atoms with Crippen LogP contribution in [0, 0.1) is 0 Å². The number of benzene rings is 2. The lowest BCUT2D eigenvalue weighted by atomic mass is 10.1. The normalized spacial score (nSPS) is 18.6. The van der Waals surface area contributed by atoms with Crippen molar-refractivity contribution in [3.05, 3.63) is 40.4 Å². The summed E-state index contributed by atoms with van der Waals surface area (Å²) in [5.41, 5.74) is -1.29. The molecule has 0 radical (unpaired) electrons. The molecule has 14 heteroatoms. The minimum absolute atomic E-state index is 0.136. The highest BCUT2D eigenvalue weighted by atomic mass is 79.9. The molecular weight excluding hydrogens is 573 g/mol. The molecule has 2 aromatic rings. The summed E-state index contributed by atoms with van der Waals surface area (Å²) in [5, 5.41) is 0. The first kappa shape index (κ1) is 27.9. The van der Waals surface area contributed by atoms with Gasteiger partial charge in [0.25, 0.3) is 10.0 Å². The summed E-state index contributed by atoms with van der Waals surface area (Å²) in [4.78, 5) is 13.6. The number of hydrogen-bond donors (Lipinski definition) is 1. The molecule has 0 bridgehead atoms. The third-order valence-corrected chi connectivity index (χ3v) is 7.92. The Labute approximate surface area is 214 Å². The zero-order valence-corrected chi connectivity index (χ0v) is 22.1. The summed E-state index contributed by atoms with van der Waals surface area (Å²) >= 11 is 3.17. The number of methoxy groups -OCH3 is 3. The Hall–Kier alpha value is -2.71. The molecule has 9 nitrogen and oxygen atoms in total. The Morgan fingerprint density at radius 2 is 1.72 bits per heavy atom. The number of carbonyl (C=O) groups excluding carboxylic acids is 1. The average molecular weight is 597 g/mol. The summed E-state index contributed by atoms with van der Waals surface area (Å²) < 4.78 is 90.4. The van der Waals surface area contributed by atoms with Crippen LogP contribution in [0.25, 0.3) is 0 Å². The molecule has 1 aliphatic rings. The Morgan fingerprint density at radius 3 is 2.31 bits per heavy atom. The van der Waals surface area contributed by atoms with Crippen molar-refractivity contribution >= 4 is 37.6 Å². The van der Waals surface area contributed by atoms with Crippen molar-refractivity contribution in [2.24, 2.45) is 0 Å². The number of ether oxygens (including phenoxy) is 4. The van der Waals surface area contributed by atoms with Crippen molar-refractivity contribution in [3.63, 3.8) is 0 Å². The zero-order chi connectivity index (χ0) is 26.8. The molecule has 2 atom stereocenters. The number of rotatable bonds is 8. The molecule has 0 aliphatic carbocycles. The summed E-state index contributed by atoms with van der Waals surface area (Å²) in [6, 6.07) is 4.30. The standard InChI is InChI=1S/C22H24BrF3N2O7S/c1-28-8-7-15(20(28)21(29)34-4)35-16-9-12(5-6-13(16)22(24,25)26)27-36(30,31)19-11-18(33-3)17(32-2)10-14(19)23/h5-6,9-11,15,20,27H,7-8H2,1-4H3/t15-,20-/m1/s1. The van der Waals surface area contributed by atoms with Gasteiger partial charge in [0.2, 0.25) is 0 Å². The van der Waals surface area contributed by atoms with Gasteiger partial charge in [-0.15, -0.1) is 0 Å². The van der Waals surface area contributed by atoms with Gasteiger partial charge in [0.1, 0.15) is 22.8 Å². The molecule has 36 heavy (non-hydrogen) atoms. The maximum Gasteiger partial charge on any atom is 0.419 e. The van der Waals surface area contributed by atoms with Crippen molar-refractivity contribution in [3.8, 4) is 17.2 Å². The van der Waals surface area contributed by atoms with Crippen LogP contribution in [0.15, 0.2) is 39.7 Å². The lowest BCUT2D eigenvalue weighted by Crippen LogP contribution is -2.43. The van der Waals surface area contributed by atoms with Gasteiger partial charge in [-0.1, -0.05) is 0 Å². The van der Waals surface area contributed by atoms with E-state index in [9.17, 15) is 26.4 Å². The molecule has 1 heterocycles. The molecule has 1 N–H and O–H groups in total. The third-order valence-electron chi connectivity index (χ3n) is 5.58. The molecule has 0 saturated carbocycles. The van der Waals surface area contributed by atoms with E-state index in [0.29, 0.717) is 12.6 Å². The van der Waals surface area contributed by atoms with Crippen LogP contribution in [0.2, 0.25) is 0 Å². The molecule has 1 aliphatic heterocycles. The fourth-order valence-corrected chi connectivity index (χ4v) is 5.91. The number of nitrogens with one attached hydrogen (secondary N) is 1. The Bertz CT molecular complexity index is 1240. The number of halogens is 4. The number of nitrogens with zero attached hydrogens (tertiary/aromatic N) is 1. The number of likely N-dealkylation sites (N-methyl/N-ethyl adjacent to an activating group) is 1. The second kappa shape index (κ2) is 10.7. The molecule has 0 unspecified atom stereocenters. The summed E-state index contributed by atoms with van der Waals surface area (Å²) in [6.07, 6.45) is -5.46. The van der Waals surface area contributed by atoms with Crippen molar-refractivity contribution < 1.29 is 45.3 Å². The second-order valence-corrected chi connectivity index (χ2v) is 10.4. The van der Waals surface area contributed by atoms with Crippen LogP contribution in [0.1, 0.15) is 12.0 Å². The Morgan fingerprint density at radius 1 is 1.08 bits per heavy atom. The molecule has 2 aromatic carbocycles. The third kappa shape index (κ3) is 5.81.